The third kappa shape index (κ3) is 5.30. The lowest BCUT2D eigenvalue weighted by Gasteiger charge is -2.47. The Balaban J connectivity index is 2.02. The van der Waals surface area contributed by atoms with Crippen molar-refractivity contribution < 1.29 is 14.3 Å². The van der Waals surface area contributed by atoms with Gasteiger partial charge in [-0.1, -0.05) is 58.0 Å². The van der Waals surface area contributed by atoms with E-state index in [1.54, 1.807) is 4.90 Å². The maximum Gasteiger partial charge on any atom is 0.247 e. The second-order valence-electron chi connectivity index (χ2n) is 8.00. The molecule has 1 heterocycles. The molecule has 0 saturated carbocycles. The lowest BCUT2D eigenvalue weighted by atomic mass is 9.84. The van der Waals surface area contributed by atoms with E-state index in [9.17, 15) is 9.59 Å². The summed E-state index contributed by atoms with van der Waals surface area (Å²) < 4.78 is 5.90. The molecule has 2 unspecified atom stereocenters. The van der Waals surface area contributed by atoms with Crippen molar-refractivity contribution in [2.45, 2.75) is 53.4 Å². The predicted molar refractivity (Wildman–Crippen MR) is 97.8 cm³/mol. The zero-order valence-electron chi connectivity index (χ0n) is 15.9. The normalized spacial score (nSPS) is 18.4. The van der Waals surface area contributed by atoms with Crippen LogP contribution >= 0.6 is 0 Å². The molecule has 0 aromatic heterocycles. The van der Waals surface area contributed by atoms with Gasteiger partial charge in [0.25, 0.3) is 0 Å². The molecule has 1 saturated heterocycles. The number of benzene rings is 1. The molecule has 2 atom stereocenters. The largest absolute Gasteiger partial charge is 0.371 e. The molecule has 1 aliphatic heterocycles. The van der Waals surface area contributed by atoms with E-state index in [0.717, 1.165) is 5.56 Å². The Labute approximate surface area is 150 Å². The quantitative estimate of drug-likeness (QED) is 0.826. The zero-order chi connectivity index (χ0) is 18.6. The van der Waals surface area contributed by atoms with E-state index in [1.807, 2.05) is 51.1 Å². The smallest absolute Gasteiger partial charge is 0.247 e. The fourth-order valence-corrected chi connectivity index (χ4v) is 2.94. The lowest BCUT2D eigenvalue weighted by Crippen LogP contribution is -2.63. The summed E-state index contributed by atoms with van der Waals surface area (Å²) in [5.74, 6) is -0.369. The summed E-state index contributed by atoms with van der Waals surface area (Å²) in [5, 5.41) is 2.87. The molecule has 0 spiro atoms. The first-order chi connectivity index (χ1) is 11.7. The number of hydrogen-bond acceptors (Lipinski definition) is 3. The van der Waals surface area contributed by atoms with Crippen LogP contribution in [0.5, 0.6) is 0 Å². The number of ether oxygens (including phenoxy) is 1. The molecule has 1 aromatic rings. The Bertz CT molecular complexity index is 590. The van der Waals surface area contributed by atoms with E-state index in [2.05, 4.69) is 19.2 Å². The van der Waals surface area contributed by atoms with Gasteiger partial charge in [0, 0.05) is 19.0 Å². The van der Waals surface area contributed by atoms with Gasteiger partial charge in [0.15, 0.2) is 0 Å². The first-order valence-corrected chi connectivity index (χ1v) is 8.94. The number of carbonyl (C=O) groups excluding carboxylic acids is 2. The van der Waals surface area contributed by atoms with Crippen LogP contribution in [0.2, 0.25) is 0 Å². The summed E-state index contributed by atoms with van der Waals surface area (Å²) in [5.41, 5.74) is 1.19. The van der Waals surface area contributed by atoms with Gasteiger partial charge >= 0.3 is 0 Å². The van der Waals surface area contributed by atoms with Crippen LogP contribution in [0.25, 0.3) is 0 Å². The molecule has 2 rings (SSSR count). The van der Waals surface area contributed by atoms with Gasteiger partial charge in [0.05, 0.1) is 12.7 Å². The molecule has 5 heteroatoms. The van der Waals surface area contributed by atoms with Crippen LogP contribution in [0.4, 0.5) is 0 Å². The Morgan fingerprint density at radius 1 is 1.16 bits per heavy atom. The molecule has 5 nitrogen and oxygen atoms in total. The molecule has 1 N–H and O–H groups in total. The lowest BCUT2D eigenvalue weighted by molar-refractivity contribution is -0.150. The average molecular weight is 346 g/mol. The van der Waals surface area contributed by atoms with E-state index in [0.29, 0.717) is 19.7 Å². The molecule has 0 bridgehead atoms. The number of nitrogens with one attached hydrogen (secondary N) is 1. The molecule has 0 radical (unpaired) electrons. The topological polar surface area (TPSA) is 58.6 Å². The average Bonchev–Trinajstić information content (AvgIpc) is 2.55. The molecule has 0 aliphatic carbocycles. The number of likely N-dealkylation sites (tertiary alicyclic amines) is 1. The number of nitrogens with zero attached hydrogens (tertiary/aromatic N) is 1. The predicted octanol–water partition coefficient (Wildman–Crippen LogP) is 2.60. The van der Waals surface area contributed by atoms with Crippen molar-refractivity contribution >= 4 is 11.8 Å². The monoisotopic (exact) mass is 346 g/mol. The summed E-state index contributed by atoms with van der Waals surface area (Å²) in [6.07, 6.45) is -0.404. The molecule has 1 aliphatic rings. The summed E-state index contributed by atoms with van der Waals surface area (Å²) in [6, 6.07) is 9.16. The van der Waals surface area contributed by atoms with E-state index in [1.165, 1.54) is 0 Å². The highest BCUT2D eigenvalue weighted by Crippen LogP contribution is 2.29. The molecule has 1 aromatic carbocycles. The fraction of sp³-hybridized carbons (Fsp3) is 0.600. The molecular formula is C20H30N2O3. The fourth-order valence-electron chi connectivity index (χ4n) is 2.94. The maximum absolute atomic E-state index is 12.9. The minimum absolute atomic E-state index is 0.0612. The van der Waals surface area contributed by atoms with Gasteiger partial charge in [-0.05, 0) is 17.9 Å². The minimum Gasteiger partial charge on any atom is -0.371 e. The van der Waals surface area contributed by atoms with Crippen molar-refractivity contribution in [2.24, 2.45) is 11.3 Å². The highest BCUT2D eigenvalue weighted by atomic mass is 16.5. The van der Waals surface area contributed by atoms with Crippen LogP contribution in [0.3, 0.4) is 0 Å². The first-order valence-electron chi connectivity index (χ1n) is 8.94. The maximum atomic E-state index is 12.9. The Morgan fingerprint density at radius 2 is 1.76 bits per heavy atom. The van der Waals surface area contributed by atoms with Gasteiger partial charge in [-0.2, -0.15) is 0 Å². The molecule has 138 valence electrons. The summed E-state index contributed by atoms with van der Waals surface area (Å²) in [6.45, 7) is 11.6. The number of carbonyl (C=O) groups is 2. The van der Waals surface area contributed by atoms with Crippen LogP contribution < -0.4 is 5.32 Å². The molecule has 25 heavy (non-hydrogen) atoms. The van der Waals surface area contributed by atoms with Gasteiger partial charge in [0.1, 0.15) is 6.04 Å². The summed E-state index contributed by atoms with van der Waals surface area (Å²) in [7, 11) is 0. The summed E-state index contributed by atoms with van der Waals surface area (Å²) >= 11 is 0. The molecule has 2 amide bonds. The second-order valence-corrected chi connectivity index (χ2v) is 8.00. The van der Waals surface area contributed by atoms with Crippen LogP contribution in [0.15, 0.2) is 30.3 Å². The van der Waals surface area contributed by atoms with E-state index >= 15 is 0 Å². The Kier molecular flexibility index (Phi) is 6.22. The van der Waals surface area contributed by atoms with Crippen LogP contribution in [-0.4, -0.2) is 41.9 Å². The molecular weight excluding hydrogens is 316 g/mol. The second kappa shape index (κ2) is 8.00. The zero-order valence-corrected chi connectivity index (χ0v) is 15.9. The highest BCUT2D eigenvalue weighted by Gasteiger charge is 2.41. The van der Waals surface area contributed by atoms with Crippen molar-refractivity contribution in [2.75, 3.05) is 13.1 Å². The standard InChI is InChI=1S/C20H30N2O3/c1-14(2)18(23)21-17(19(24)22-12-20(4,5)13-22)15(3)25-11-16-9-7-6-8-10-16/h6-10,14-15,17H,11-13H2,1-5H3,(H,21,23). The number of hydrogen-bond donors (Lipinski definition) is 1. The molecule has 1 fully saturated rings. The van der Waals surface area contributed by atoms with Crippen molar-refractivity contribution in [1.82, 2.24) is 10.2 Å². The Morgan fingerprint density at radius 3 is 2.28 bits per heavy atom. The van der Waals surface area contributed by atoms with Gasteiger partial charge in [-0.15, -0.1) is 0 Å². The SMILES string of the molecule is CC(C)C(=O)NC(C(=O)N1CC(C)(C)C1)C(C)OCc1ccccc1. The first kappa shape index (κ1) is 19.4. The van der Waals surface area contributed by atoms with Crippen molar-refractivity contribution in [3.63, 3.8) is 0 Å². The van der Waals surface area contributed by atoms with Crippen molar-refractivity contribution in [3.8, 4) is 0 Å². The van der Waals surface area contributed by atoms with Gasteiger partial charge < -0.3 is 15.0 Å². The summed E-state index contributed by atoms with van der Waals surface area (Å²) in [4.78, 5) is 26.8. The van der Waals surface area contributed by atoms with E-state index in [-0.39, 0.29) is 23.1 Å². The number of amides is 2. The van der Waals surface area contributed by atoms with Crippen molar-refractivity contribution in [1.29, 1.82) is 0 Å². The van der Waals surface area contributed by atoms with E-state index < -0.39 is 12.1 Å². The van der Waals surface area contributed by atoms with Crippen LogP contribution in [0, 0.1) is 11.3 Å². The third-order valence-electron chi connectivity index (χ3n) is 4.46. The number of rotatable bonds is 7. The van der Waals surface area contributed by atoms with Crippen LogP contribution in [0.1, 0.15) is 40.2 Å². The van der Waals surface area contributed by atoms with E-state index in [4.69, 9.17) is 4.74 Å². The van der Waals surface area contributed by atoms with Gasteiger partial charge in [-0.25, -0.2) is 0 Å². The van der Waals surface area contributed by atoms with Gasteiger partial charge in [0.2, 0.25) is 11.8 Å². The van der Waals surface area contributed by atoms with Crippen molar-refractivity contribution in [3.05, 3.63) is 35.9 Å². The van der Waals surface area contributed by atoms with Gasteiger partial charge in [-0.3, -0.25) is 9.59 Å². The highest BCUT2D eigenvalue weighted by molar-refractivity contribution is 5.89. The minimum atomic E-state index is -0.658. The Hall–Kier alpha value is -1.88. The van der Waals surface area contributed by atoms with Crippen LogP contribution in [-0.2, 0) is 20.9 Å². The third-order valence-corrected chi connectivity index (χ3v) is 4.46.